The van der Waals surface area contributed by atoms with E-state index in [1.807, 2.05) is 9.47 Å². The number of halogens is 1. The number of carboxylic acid groups (broad SMARTS) is 1. The molecular formula is C22H27FN2O5. The number of anilines is 1. The number of hydrogen-bond donors (Lipinski definition) is 3. The van der Waals surface area contributed by atoms with Gasteiger partial charge in [0.2, 0.25) is 5.43 Å². The molecule has 2 aliphatic rings. The predicted molar refractivity (Wildman–Crippen MR) is 111 cm³/mol. The Morgan fingerprint density at radius 1 is 1.27 bits per heavy atom. The summed E-state index contributed by atoms with van der Waals surface area (Å²) in [7, 11) is 0. The molecule has 0 unspecified atom stereocenters. The van der Waals surface area contributed by atoms with Gasteiger partial charge in [-0.05, 0) is 57.1 Å². The number of rotatable bonds is 7. The second kappa shape index (κ2) is 7.67. The number of fused-ring (bicyclic) bond motifs is 1. The summed E-state index contributed by atoms with van der Waals surface area (Å²) >= 11 is 0. The van der Waals surface area contributed by atoms with Crippen molar-refractivity contribution >= 4 is 22.6 Å². The molecule has 30 heavy (non-hydrogen) atoms. The number of hydrogen-bond acceptors (Lipinski definition) is 5. The molecule has 0 spiro atoms. The van der Waals surface area contributed by atoms with Crippen LogP contribution >= 0.6 is 0 Å². The van der Waals surface area contributed by atoms with Gasteiger partial charge in [0.25, 0.3) is 0 Å². The fraction of sp³-hybridized carbons (Fsp3) is 0.545. The van der Waals surface area contributed by atoms with Crippen LogP contribution in [-0.2, 0) is 0 Å². The van der Waals surface area contributed by atoms with Crippen molar-refractivity contribution in [2.45, 2.75) is 57.0 Å². The van der Waals surface area contributed by atoms with Crippen LogP contribution in [0, 0.1) is 12.7 Å². The van der Waals surface area contributed by atoms with Gasteiger partial charge in [0.1, 0.15) is 11.4 Å². The first-order valence-corrected chi connectivity index (χ1v) is 10.4. The first kappa shape index (κ1) is 20.8. The van der Waals surface area contributed by atoms with E-state index in [0.717, 1.165) is 31.7 Å². The van der Waals surface area contributed by atoms with Crippen LogP contribution in [0.2, 0.25) is 0 Å². The summed E-state index contributed by atoms with van der Waals surface area (Å²) in [5.41, 5.74) is -0.0444. The molecule has 8 heteroatoms. The van der Waals surface area contributed by atoms with Crippen molar-refractivity contribution in [3.05, 3.63) is 39.4 Å². The Morgan fingerprint density at radius 2 is 1.93 bits per heavy atom. The lowest BCUT2D eigenvalue weighted by atomic mass is 9.87. The zero-order chi connectivity index (χ0) is 21.6. The van der Waals surface area contributed by atoms with Crippen LogP contribution in [0.15, 0.2) is 17.1 Å². The first-order chi connectivity index (χ1) is 14.3. The van der Waals surface area contributed by atoms with Crippen molar-refractivity contribution in [3.63, 3.8) is 0 Å². The zero-order valence-corrected chi connectivity index (χ0v) is 17.0. The molecule has 0 radical (unpaired) electrons. The highest BCUT2D eigenvalue weighted by molar-refractivity contribution is 5.95. The van der Waals surface area contributed by atoms with Gasteiger partial charge in [0.05, 0.1) is 11.2 Å². The molecule has 2 aromatic rings. The molecule has 3 N–H and O–H groups in total. The molecule has 0 amide bonds. The van der Waals surface area contributed by atoms with Gasteiger partial charge in [-0.1, -0.05) is 0 Å². The molecule has 0 bridgehead atoms. The molecule has 1 saturated carbocycles. The summed E-state index contributed by atoms with van der Waals surface area (Å²) in [5.74, 6) is -1.90. The second-order valence-corrected chi connectivity index (χ2v) is 8.47. The van der Waals surface area contributed by atoms with Gasteiger partial charge in [0.15, 0.2) is 0 Å². The summed E-state index contributed by atoms with van der Waals surface area (Å²) in [5, 5.41) is 28.8. The highest BCUT2D eigenvalue weighted by Gasteiger charge is 2.42. The molecule has 1 aromatic heterocycles. The summed E-state index contributed by atoms with van der Waals surface area (Å²) < 4.78 is 17.3. The highest BCUT2D eigenvalue weighted by atomic mass is 19.1. The second-order valence-electron chi connectivity index (χ2n) is 8.47. The van der Waals surface area contributed by atoms with Crippen LogP contribution in [0.1, 0.15) is 60.5 Å². The Kier molecular flexibility index (Phi) is 5.32. The van der Waals surface area contributed by atoms with Crippen LogP contribution in [0.25, 0.3) is 10.9 Å². The largest absolute Gasteiger partial charge is 0.477 e. The van der Waals surface area contributed by atoms with Gasteiger partial charge in [0, 0.05) is 42.9 Å². The Balaban J connectivity index is 1.99. The maximum Gasteiger partial charge on any atom is 0.341 e. The van der Waals surface area contributed by atoms with E-state index in [9.17, 15) is 24.9 Å². The normalized spacial score (nSPS) is 18.3. The molecule has 2 fully saturated rings. The first-order valence-electron chi connectivity index (χ1n) is 10.4. The SMILES string of the molecule is Cc1c(N2CCCC2(CCO)CCO)c(F)cc2c(=O)c(C(=O)O)cn(C3CC3)c12. The van der Waals surface area contributed by atoms with E-state index in [0.29, 0.717) is 36.2 Å². The minimum absolute atomic E-state index is 0.0699. The molecule has 162 valence electrons. The van der Waals surface area contributed by atoms with E-state index < -0.39 is 22.8 Å². The van der Waals surface area contributed by atoms with E-state index in [-0.39, 0.29) is 30.2 Å². The summed E-state index contributed by atoms with van der Waals surface area (Å²) in [6.45, 7) is 2.21. The zero-order valence-electron chi connectivity index (χ0n) is 17.0. The number of aryl methyl sites for hydroxylation is 1. The molecule has 2 heterocycles. The van der Waals surface area contributed by atoms with Crippen LogP contribution in [0.5, 0.6) is 0 Å². The molecule has 1 aromatic carbocycles. The van der Waals surface area contributed by atoms with Crippen molar-refractivity contribution in [3.8, 4) is 0 Å². The van der Waals surface area contributed by atoms with Gasteiger partial charge < -0.3 is 24.8 Å². The highest BCUT2D eigenvalue weighted by Crippen LogP contribution is 2.44. The minimum Gasteiger partial charge on any atom is -0.477 e. The standard InChI is InChI=1S/C22H27FN2O5/c1-13-18-15(20(28)16(21(29)30)12-24(18)14-3-4-14)11-17(23)19(13)25-8-2-5-22(25,6-9-26)7-10-27/h11-12,14,26-27H,2-10H2,1H3,(H,29,30). The monoisotopic (exact) mass is 418 g/mol. The topological polar surface area (TPSA) is 103 Å². The van der Waals surface area contributed by atoms with E-state index in [4.69, 9.17) is 0 Å². The number of carbonyl (C=O) groups is 1. The molecule has 0 atom stereocenters. The number of pyridine rings is 1. The fourth-order valence-corrected chi connectivity index (χ4v) is 5.14. The number of carboxylic acids is 1. The molecular weight excluding hydrogens is 391 g/mol. The van der Waals surface area contributed by atoms with Gasteiger partial charge in [-0.15, -0.1) is 0 Å². The Labute approximate surface area is 173 Å². The Hall–Kier alpha value is -2.45. The summed E-state index contributed by atoms with van der Waals surface area (Å²) in [6, 6.07) is 1.26. The van der Waals surface area contributed by atoms with Crippen molar-refractivity contribution in [1.29, 1.82) is 0 Å². The lowest BCUT2D eigenvalue weighted by molar-refractivity contribution is 0.0694. The van der Waals surface area contributed by atoms with Crippen LogP contribution in [0.3, 0.4) is 0 Å². The van der Waals surface area contributed by atoms with Crippen molar-refractivity contribution in [2.24, 2.45) is 0 Å². The van der Waals surface area contributed by atoms with Gasteiger partial charge in [-0.3, -0.25) is 4.79 Å². The Morgan fingerprint density at radius 3 is 2.50 bits per heavy atom. The third-order valence-electron chi connectivity index (χ3n) is 6.67. The molecule has 1 aliphatic heterocycles. The van der Waals surface area contributed by atoms with E-state index in [2.05, 4.69) is 0 Å². The number of aromatic nitrogens is 1. The fourth-order valence-electron chi connectivity index (χ4n) is 5.14. The van der Waals surface area contributed by atoms with Crippen LogP contribution < -0.4 is 10.3 Å². The van der Waals surface area contributed by atoms with Crippen molar-refractivity contribution < 1.29 is 24.5 Å². The van der Waals surface area contributed by atoms with E-state index in [1.54, 1.807) is 6.92 Å². The quantitative estimate of drug-likeness (QED) is 0.639. The smallest absolute Gasteiger partial charge is 0.341 e. The predicted octanol–water partition coefficient (Wildman–Crippen LogP) is 2.59. The summed E-state index contributed by atoms with van der Waals surface area (Å²) in [4.78, 5) is 26.3. The minimum atomic E-state index is -1.32. The molecule has 1 saturated heterocycles. The van der Waals surface area contributed by atoms with Crippen LogP contribution in [0.4, 0.5) is 10.1 Å². The number of nitrogens with zero attached hydrogens (tertiary/aromatic N) is 2. The maximum absolute atomic E-state index is 15.5. The summed E-state index contributed by atoms with van der Waals surface area (Å²) in [6.07, 6.45) is 5.52. The lowest BCUT2D eigenvalue weighted by Crippen LogP contribution is -2.46. The number of aromatic carboxylic acids is 1. The maximum atomic E-state index is 15.5. The van der Waals surface area contributed by atoms with Gasteiger partial charge in [-0.25, -0.2) is 9.18 Å². The third-order valence-corrected chi connectivity index (χ3v) is 6.67. The average molecular weight is 418 g/mol. The lowest BCUT2D eigenvalue weighted by Gasteiger charge is -2.41. The van der Waals surface area contributed by atoms with Gasteiger partial charge in [-0.2, -0.15) is 0 Å². The molecule has 1 aliphatic carbocycles. The average Bonchev–Trinajstić information content (AvgIpc) is 3.46. The Bertz CT molecular complexity index is 1050. The molecule has 7 nitrogen and oxygen atoms in total. The number of aliphatic hydroxyl groups excluding tert-OH is 2. The van der Waals surface area contributed by atoms with E-state index in [1.165, 1.54) is 6.20 Å². The van der Waals surface area contributed by atoms with E-state index >= 15 is 4.39 Å². The third kappa shape index (κ3) is 3.18. The van der Waals surface area contributed by atoms with Crippen molar-refractivity contribution in [1.82, 2.24) is 4.57 Å². The number of benzene rings is 1. The number of aliphatic hydroxyl groups is 2. The van der Waals surface area contributed by atoms with Crippen LogP contribution in [-0.4, -0.2) is 51.2 Å². The van der Waals surface area contributed by atoms with Crippen molar-refractivity contribution in [2.75, 3.05) is 24.7 Å². The molecule has 4 rings (SSSR count). The van der Waals surface area contributed by atoms with Gasteiger partial charge >= 0.3 is 5.97 Å².